The second-order valence-corrected chi connectivity index (χ2v) is 15.2. The summed E-state index contributed by atoms with van der Waals surface area (Å²) in [5, 5.41) is 20.4. The van der Waals surface area contributed by atoms with Crippen LogP contribution in [0.5, 0.6) is 0 Å². The molecule has 0 saturated heterocycles. The minimum Gasteiger partial charge on any atom is -0.196 e. The number of benzene rings is 1. The van der Waals surface area contributed by atoms with Gasteiger partial charge in [-0.1, -0.05) is 108 Å². The highest BCUT2D eigenvalue weighted by Gasteiger charge is 2.46. The Balaban J connectivity index is 2.21. The fraction of sp³-hybridized carbons (Fsp3) is 0.379. The summed E-state index contributed by atoms with van der Waals surface area (Å²) >= 11 is 0. The van der Waals surface area contributed by atoms with Crippen molar-refractivity contribution in [3.05, 3.63) is 77.4 Å². The second-order valence-electron chi connectivity index (χ2n) is 9.65. The van der Waals surface area contributed by atoms with Crippen LogP contribution in [0.1, 0.15) is 47.1 Å². The first-order valence-corrected chi connectivity index (χ1v) is 13.7. The van der Waals surface area contributed by atoms with Crippen molar-refractivity contribution < 1.29 is 0 Å². The molecule has 1 unspecified atom stereocenters. The van der Waals surface area contributed by atoms with E-state index in [4.69, 9.17) is 0 Å². The lowest BCUT2D eigenvalue weighted by Crippen LogP contribution is -2.43. The molecule has 0 amide bonds. The number of rotatable bonds is 4. The third-order valence-electron chi connectivity index (χ3n) is 7.16. The average Bonchev–Trinajstić information content (AvgIpc) is 2.96. The lowest BCUT2D eigenvalue weighted by atomic mass is 9.76. The van der Waals surface area contributed by atoms with Crippen LogP contribution in [0.15, 0.2) is 71.9 Å². The van der Waals surface area contributed by atoms with Crippen LogP contribution in [-0.4, -0.2) is 8.07 Å². The Kier molecular flexibility index (Phi) is 6.78. The maximum absolute atomic E-state index is 10.2. The molecule has 1 atom stereocenters. The maximum Gasteiger partial charge on any atom is 0.194 e. The molecule has 0 saturated carbocycles. The molecule has 1 aromatic rings. The van der Waals surface area contributed by atoms with Gasteiger partial charge < -0.3 is 0 Å². The highest BCUT2D eigenvalue weighted by molar-refractivity contribution is 6.90. The van der Waals surface area contributed by atoms with Gasteiger partial charge in [-0.3, -0.25) is 0 Å². The Labute approximate surface area is 194 Å². The first kappa shape index (κ1) is 23.6. The highest BCUT2D eigenvalue weighted by atomic mass is 28.3. The van der Waals surface area contributed by atoms with Gasteiger partial charge in [-0.15, -0.1) is 5.54 Å². The van der Waals surface area contributed by atoms with E-state index in [-0.39, 0.29) is 5.92 Å². The molecule has 2 aliphatic carbocycles. The summed E-state index contributed by atoms with van der Waals surface area (Å²) in [6.07, 6.45) is 10.00. The Hall–Kier alpha value is -3.06. The molecule has 3 heteroatoms. The van der Waals surface area contributed by atoms with Crippen molar-refractivity contribution in [2.75, 3.05) is 0 Å². The molecule has 2 aliphatic rings. The molecule has 32 heavy (non-hydrogen) atoms. The molecule has 0 N–H and O–H groups in total. The van der Waals surface area contributed by atoms with E-state index in [2.05, 4.69) is 71.2 Å². The Morgan fingerprint density at radius 1 is 0.875 bits per heavy atom. The molecule has 0 aliphatic heterocycles. The van der Waals surface area contributed by atoms with Gasteiger partial charge in [-0.05, 0) is 38.9 Å². The van der Waals surface area contributed by atoms with Gasteiger partial charge >= 0.3 is 0 Å². The molecular formula is C29H32N2Si. The number of nitrogens with zero attached hydrogens (tertiary/aromatic N) is 2. The fourth-order valence-corrected chi connectivity index (χ4v) is 10.8. The molecule has 1 aromatic carbocycles. The summed E-state index contributed by atoms with van der Waals surface area (Å²) in [5.74, 6) is 3.51. The molecule has 0 aromatic heterocycles. The number of nitriles is 2. The zero-order valence-corrected chi connectivity index (χ0v) is 21.0. The minimum atomic E-state index is -1.89. The van der Waals surface area contributed by atoms with Gasteiger partial charge in [0.15, 0.2) is 5.41 Å². The number of hydrogen-bond donors (Lipinski definition) is 0. The normalized spacial score (nSPS) is 19.2. The topological polar surface area (TPSA) is 47.6 Å². The van der Waals surface area contributed by atoms with Crippen LogP contribution in [0.25, 0.3) is 5.57 Å². The predicted molar refractivity (Wildman–Crippen MR) is 136 cm³/mol. The van der Waals surface area contributed by atoms with Crippen LogP contribution >= 0.6 is 0 Å². The molecule has 0 spiro atoms. The van der Waals surface area contributed by atoms with Gasteiger partial charge in [0.05, 0.1) is 18.1 Å². The lowest BCUT2D eigenvalue weighted by Gasteiger charge is -2.38. The van der Waals surface area contributed by atoms with Crippen LogP contribution in [0.2, 0.25) is 16.6 Å². The standard InChI is InChI=1S/C29H32N2Si/c1-21(2)32(22(3)4,23(5)6)17-16-24-12-10-11-15-27-26(24)18-28(29(27,19-30)20-31)25-13-8-7-9-14-25/h7-15,18,21-24H,1-6H3. The summed E-state index contributed by atoms with van der Waals surface area (Å²) in [7, 11) is -1.89. The largest absolute Gasteiger partial charge is 0.196 e. The molecule has 2 nitrogen and oxygen atoms in total. The van der Waals surface area contributed by atoms with Crippen molar-refractivity contribution >= 4 is 13.6 Å². The molecule has 0 radical (unpaired) electrons. The summed E-state index contributed by atoms with van der Waals surface area (Å²) in [6, 6.07) is 14.5. The summed E-state index contributed by atoms with van der Waals surface area (Å²) in [5.41, 5.74) is 7.56. The van der Waals surface area contributed by atoms with E-state index in [9.17, 15) is 10.5 Å². The van der Waals surface area contributed by atoms with E-state index in [1.165, 1.54) is 0 Å². The molecule has 0 heterocycles. The van der Waals surface area contributed by atoms with Crippen molar-refractivity contribution in [2.24, 2.45) is 11.3 Å². The van der Waals surface area contributed by atoms with Crippen molar-refractivity contribution in [2.45, 2.75) is 58.2 Å². The minimum absolute atomic E-state index is 0.134. The van der Waals surface area contributed by atoms with Crippen molar-refractivity contribution in [3.8, 4) is 23.6 Å². The lowest BCUT2D eigenvalue weighted by molar-refractivity contribution is 0.835. The number of hydrogen-bond acceptors (Lipinski definition) is 2. The van der Waals surface area contributed by atoms with Gasteiger partial charge in [0.1, 0.15) is 8.07 Å². The first-order chi connectivity index (χ1) is 15.2. The van der Waals surface area contributed by atoms with E-state index >= 15 is 0 Å². The van der Waals surface area contributed by atoms with E-state index in [1.807, 2.05) is 54.6 Å². The van der Waals surface area contributed by atoms with E-state index < -0.39 is 13.5 Å². The zero-order chi connectivity index (χ0) is 23.5. The quantitative estimate of drug-likeness (QED) is 0.365. The van der Waals surface area contributed by atoms with Crippen molar-refractivity contribution in [1.29, 1.82) is 10.5 Å². The third kappa shape index (κ3) is 3.70. The monoisotopic (exact) mass is 436 g/mol. The summed E-state index contributed by atoms with van der Waals surface area (Å²) in [4.78, 5) is 0. The van der Waals surface area contributed by atoms with Crippen molar-refractivity contribution in [1.82, 2.24) is 0 Å². The zero-order valence-electron chi connectivity index (χ0n) is 20.0. The predicted octanol–water partition coefficient (Wildman–Crippen LogP) is 7.38. The smallest absolute Gasteiger partial charge is 0.194 e. The van der Waals surface area contributed by atoms with Crippen LogP contribution < -0.4 is 0 Å². The Bertz CT molecular complexity index is 1100. The van der Waals surface area contributed by atoms with Crippen molar-refractivity contribution in [3.63, 3.8) is 0 Å². The van der Waals surface area contributed by atoms with Crippen LogP contribution in [0.3, 0.4) is 0 Å². The molecule has 0 fully saturated rings. The van der Waals surface area contributed by atoms with Gasteiger partial charge in [-0.2, -0.15) is 10.5 Å². The SMILES string of the molecule is CC(C)[Si](C#CC1C=CC=CC2=C1C=C(c1ccccc1)C2(C#N)C#N)(C(C)C)C(C)C. The van der Waals surface area contributed by atoms with E-state index in [0.717, 1.165) is 22.3 Å². The van der Waals surface area contributed by atoms with Crippen LogP contribution in [0.4, 0.5) is 0 Å². The van der Waals surface area contributed by atoms with Gasteiger partial charge in [0.2, 0.25) is 0 Å². The fourth-order valence-electron chi connectivity index (χ4n) is 5.56. The third-order valence-corrected chi connectivity index (χ3v) is 13.5. The Morgan fingerprint density at radius 3 is 2.00 bits per heavy atom. The maximum atomic E-state index is 10.2. The van der Waals surface area contributed by atoms with Crippen LogP contribution in [-0.2, 0) is 0 Å². The van der Waals surface area contributed by atoms with E-state index in [0.29, 0.717) is 16.6 Å². The van der Waals surface area contributed by atoms with Crippen LogP contribution in [0, 0.1) is 45.5 Å². The second kappa shape index (κ2) is 9.20. The van der Waals surface area contributed by atoms with E-state index in [1.54, 1.807) is 0 Å². The molecule has 3 rings (SSSR count). The average molecular weight is 437 g/mol. The van der Waals surface area contributed by atoms with Gasteiger partial charge in [0.25, 0.3) is 0 Å². The molecule has 162 valence electrons. The molecule has 0 bridgehead atoms. The Morgan fingerprint density at radius 2 is 1.47 bits per heavy atom. The summed E-state index contributed by atoms with van der Waals surface area (Å²) in [6.45, 7) is 13.9. The molecular weight excluding hydrogens is 404 g/mol. The first-order valence-electron chi connectivity index (χ1n) is 11.5. The number of allylic oxidation sites excluding steroid dienone is 8. The highest BCUT2D eigenvalue weighted by Crippen LogP contribution is 2.51. The summed E-state index contributed by atoms with van der Waals surface area (Å²) < 4.78 is 0. The van der Waals surface area contributed by atoms with Gasteiger partial charge in [-0.25, -0.2) is 0 Å². The van der Waals surface area contributed by atoms with Gasteiger partial charge in [0, 0.05) is 0 Å².